The molecule has 21 heavy (non-hydrogen) atoms. The molecule has 0 unspecified atom stereocenters. The summed E-state index contributed by atoms with van der Waals surface area (Å²) in [5.74, 6) is -1.18. The molecule has 1 aromatic rings. The Labute approximate surface area is 126 Å². The monoisotopic (exact) mass is 292 g/mol. The molecule has 1 aromatic carbocycles. The second-order valence-electron chi connectivity index (χ2n) is 5.12. The van der Waals surface area contributed by atoms with Gasteiger partial charge in [0, 0.05) is 5.92 Å². The Hall–Kier alpha value is -1.65. The highest BCUT2D eigenvalue weighted by Gasteiger charge is 2.30. The molecule has 1 rings (SSSR count). The smallest absolute Gasteiger partial charge is 0.311 e. The summed E-state index contributed by atoms with van der Waals surface area (Å²) in [5, 5.41) is 10.3. The summed E-state index contributed by atoms with van der Waals surface area (Å²) in [5.41, 5.74) is 1.08. The lowest BCUT2D eigenvalue weighted by molar-refractivity contribution is -0.151. The Kier molecular flexibility index (Phi) is 7.72. The number of esters is 1. The molecule has 0 aliphatic rings. The van der Waals surface area contributed by atoms with Crippen LogP contribution < -0.4 is 0 Å². The molecule has 0 spiro atoms. The molecule has 4 heteroatoms. The fraction of sp³-hybridized carbons (Fsp3) is 0.471. The van der Waals surface area contributed by atoms with Crippen molar-refractivity contribution in [3.05, 3.63) is 48.6 Å². The van der Waals surface area contributed by atoms with E-state index in [0.717, 1.165) is 5.56 Å². The van der Waals surface area contributed by atoms with Crippen molar-refractivity contribution in [2.75, 3.05) is 13.7 Å². The van der Waals surface area contributed by atoms with Crippen LogP contribution in [0.1, 0.15) is 18.9 Å². The van der Waals surface area contributed by atoms with Crippen molar-refractivity contribution in [3.63, 3.8) is 0 Å². The third-order valence-electron chi connectivity index (χ3n) is 3.41. The van der Waals surface area contributed by atoms with Crippen molar-refractivity contribution in [2.24, 2.45) is 11.8 Å². The second-order valence-corrected chi connectivity index (χ2v) is 5.12. The zero-order valence-corrected chi connectivity index (χ0v) is 12.7. The van der Waals surface area contributed by atoms with Crippen molar-refractivity contribution in [3.8, 4) is 0 Å². The molecule has 3 atom stereocenters. The largest absolute Gasteiger partial charge is 0.469 e. The van der Waals surface area contributed by atoms with Crippen LogP contribution in [-0.4, -0.2) is 30.9 Å². The summed E-state index contributed by atoms with van der Waals surface area (Å²) in [7, 11) is 1.32. The first-order valence-corrected chi connectivity index (χ1v) is 7.08. The number of benzene rings is 1. The third kappa shape index (κ3) is 5.69. The third-order valence-corrected chi connectivity index (χ3v) is 3.41. The van der Waals surface area contributed by atoms with Gasteiger partial charge in [-0.25, -0.2) is 0 Å². The predicted octanol–water partition coefficient (Wildman–Crippen LogP) is 2.57. The van der Waals surface area contributed by atoms with Crippen LogP contribution in [0.25, 0.3) is 0 Å². The molecule has 0 radical (unpaired) electrons. The minimum absolute atomic E-state index is 0.169. The van der Waals surface area contributed by atoms with Gasteiger partial charge in [0.2, 0.25) is 0 Å². The maximum Gasteiger partial charge on any atom is 0.311 e. The molecule has 0 saturated carbocycles. The molecule has 1 N–H and O–H groups in total. The predicted molar refractivity (Wildman–Crippen MR) is 81.6 cm³/mol. The molecular weight excluding hydrogens is 268 g/mol. The van der Waals surface area contributed by atoms with Crippen molar-refractivity contribution in [1.82, 2.24) is 0 Å². The molecule has 0 saturated heterocycles. The van der Waals surface area contributed by atoms with Crippen LogP contribution in [0.4, 0.5) is 0 Å². The minimum Gasteiger partial charge on any atom is -0.469 e. The minimum atomic E-state index is -0.814. The van der Waals surface area contributed by atoms with Crippen molar-refractivity contribution in [2.45, 2.75) is 26.1 Å². The Morgan fingerprint density at radius 1 is 1.38 bits per heavy atom. The van der Waals surface area contributed by atoms with Gasteiger partial charge in [0.25, 0.3) is 0 Å². The number of aliphatic hydroxyl groups excluding tert-OH is 1. The Bertz CT molecular complexity index is 430. The lowest BCUT2D eigenvalue weighted by Crippen LogP contribution is -2.35. The first-order valence-electron chi connectivity index (χ1n) is 7.08. The molecular formula is C17H24O4. The fourth-order valence-electron chi connectivity index (χ4n) is 2.14. The summed E-state index contributed by atoms with van der Waals surface area (Å²) in [6.07, 6.45) is 1.19. The lowest BCUT2D eigenvalue weighted by atomic mass is 9.90. The summed E-state index contributed by atoms with van der Waals surface area (Å²) in [6.45, 7) is 6.33. The molecule has 4 nitrogen and oxygen atoms in total. The van der Waals surface area contributed by atoms with Crippen molar-refractivity contribution < 1.29 is 19.4 Å². The molecule has 0 bridgehead atoms. The number of hydrogen-bond donors (Lipinski definition) is 1. The number of allylic oxidation sites excluding steroid dienone is 1. The Morgan fingerprint density at radius 2 is 2.05 bits per heavy atom. The summed E-state index contributed by atoms with van der Waals surface area (Å²) in [4.78, 5) is 11.7. The van der Waals surface area contributed by atoms with E-state index in [4.69, 9.17) is 9.47 Å². The quantitative estimate of drug-likeness (QED) is 0.561. The second kappa shape index (κ2) is 9.32. The molecule has 0 aliphatic carbocycles. The lowest BCUT2D eigenvalue weighted by Gasteiger charge is -2.25. The fourth-order valence-corrected chi connectivity index (χ4v) is 2.14. The molecule has 0 amide bonds. The van der Waals surface area contributed by atoms with E-state index in [1.54, 1.807) is 6.08 Å². The summed E-state index contributed by atoms with van der Waals surface area (Å²) < 4.78 is 10.3. The van der Waals surface area contributed by atoms with E-state index in [0.29, 0.717) is 19.6 Å². The van der Waals surface area contributed by atoms with Crippen LogP contribution >= 0.6 is 0 Å². The van der Waals surface area contributed by atoms with Crippen molar-refractivity contribution >= 4 is 5.97 Å². The van der Waals surface area contributed by atoms with Crippen LogP contribution in [0.2, 0.25) is 0 Å². The normalized spacial score (nSPS) is 15.0. The van der Waals surface area contributed by atoms with Crippen LogP contribution in [0.5, 0.6) is 0 Å². The number of ether oxygens (including phenoxy) is 2. The van der Waals surface area contributed by atoms with Crippen LogP contribution in [0.15, 0.2) is 43.0 Å². The number of methoxy groups -OCH3 is 1. The molecule has 0 fully saturated rings. The highest BCUT2D eigenvalue weighted by atomic mass is 16.5. The van der Waals surface area contributed by atoms with Gasteiger partial charge in [0.1, 0.15) is 0 Å². The van der Waals surface area contributed by atoms with Gasteiger partial charge >= 0.3 is 5.97 Å². The van der Waals surface area contributed by atoms with Gasteiger partial charge in [-0.3, -0.25) is 4.79 Å². The van der Waals surface area contributed by atoms with Gasteiger partial charge < -0.3 is 14.6 Å². The Morgan fingerprint density at radius 3 is 2.62 bits per heavy atom. The maximum atomic E-state index is 11.7. The first-order chi connectivity index (χ1) is 10.1. The van der Waals surface area contributed by atoms with Crippen LogP contribution in [-0.2, 0) is 20.9 Å². The summed E-state index contributed by atoms with van der Waals surface area (Å²) in [6, 6.07) is 9.82. The SMILES string of the molecule is C=CC[C@@H](C(=O)OC)[C@@H](O)[C@H](C)COCc1ccccc1. The van der Waals surface area contributed by atoms with E-state index in [2.05, 4.69) is 6.58 Å². The standard InChI is InChI=1S/C17H24O4/c1-4-8-15(17(19)20-3)16(18)13(2)11-21-12-14-9-6-5-7-10-14/h4-7,9-10,13,15-16,18H,1,8,11-12H2,2-3H3/t13-,15-,16+/m1/s1. The molecule has 0 aromatic heterocycles. The van der Waals surface area contributed by atoms with Crippen LogP contribution in [0.3, 0.4) is 0 Å². The average molecular weight is 292 g/mol. The zero-order valence-electron chi connectivity index (χ0n) is 12.7. The Balaban J connectivity index is 2.46. The van der Waals surface area contributed by atoms with E-state index in [1.165, 1.54) is 7.11 Å². The topological polar surface area (TPSA) is 55.8 Å². The number of carbonyl (C=O) groups excluding carboxylic acids is 1. The first kappa shape index (κ1) is 17.4. The highest BCUT2D eigenvalue weighted by molar-refractivity contribution is 5.73. The number of carbonyl (C=O) groups is 1. The van der Waals surface area contributed by atoms with Gasteiger partial charge in [0.15, 0.2) is 0 Å². The summed E-state index contributed by atoms with van der Waals surface area (Å²) >= 11 is 0. The van der Waals surface area contributed by atoms with Gasteiger partial charge in [0.05, 0.1) is 32.3 Å². The number of hydrogen-bond acceptors (Lipinski definition) is 4. The average Bonchev–Trinajstić information content (AvgIpc) is 2.52. The van der Waals surface area contributed by atoms with E-state index in [1.807, 2.05) is 37.3 Å². The van der Waals surface area contributed by atoms with E-state index in [-0.39, 0.29) is 5.92 Å². The number of aliphatic hydroxyl groups is 1. The maximum absolute atomic E-state index is 11.7. The van der Waals surface area contributed by atoms with Gasteiger partial charge in [-0.2, -0.15) is 0 Å². The van der Waals surface area contributed by atoms with E-state index >= 15 is 0 Å². The zero-order chi connectivity index (χ0) is 15.7. The van der Waals surface area contributed by atoms with Crippen LogP contribution in [0, 0.1) is 11.8 Å². The van der Waals surface area contributed by atoms with Gasteiger partial charge in [-0.1, -0.05) is 43.3 Å². The molecule has 0 aliphatic heterocycles. The van der Waals surface area contributed by atoms with E-state index < -0.39 is 18.0 Å². The molecule has 0 heterocycles. The molecule has 116 valence electrons. The van der Waals surface area contributed by atoms with Gasteiger partial charge in [-0.05, 0) is 12.0 Å². The van der Waals surface area contributed by atoms with E-state index in [9.17, 15) is 9.90 Å². The highest BCUT2D eigenvalue weighted by Crippen LogP contribution is 2.19. The van der Waals surface area contributed by atoms with Gasteiger partial charge in [-0.15, -0.1) is 6.58 Å². The number of rotatable bonds is 9. The van der Waals surface area contributed by atoms with Crippen molar-refractivity contribution in [1.29, 1.82) is 0 Å².